The molecular formula is C22H22ClN3O4. The smallest absolute Gasteiger partial charge is 0.259 e. The second-order valence-electron chi connectivity index (χ2n) is 7.83. The van der Waals surface area contributed by atoms with Crippen LogP contribution in [0.2, 0.25) is 5.02 Å². The third kappa shape index (κ3) is 4.24. The van der Waals surface area contributed by atoms with Crippen molar-refractivity contribution in [3.05, 3.63) is 80.6 Å². The molecule has 1 amide bonds. The minimum Gasteiger partial charge on any atom is -0.364 e. The maximum absolute atomic E-state index is 13.0. The highest BCUT2D eigenvalue weighted by molar-refractivity contribution is 6.30. The van der Waals surface area contributed by atoms with Gasteiger partial charge in [0, 0.05) is 42.3 Å². The van der Waals surface area contributed by atoms with Crippen LogP contribution in [0.4, 0.5) is 0 Å². The number of aliphatic hydroxyl groups is 2. The molecule has 3 N–H and O–H groups in total. The molecular weight excluding hydrogens is 406 g/mol. The molecule has 0 atom stereocenters. The Balaban J connectivity index is 1.56. The number of likely N-dealkylation sites (tertiary alicyclic amines) is 1. The van der Waals surface area contributed by atoms with Gasteiger partial charge in [0.25, 0.3) is 5.91 Å². The van der Waals surface area contributed by atoms with Gasteiger partial charge in [-0.2, -0.15) is 0 Å². The minimum atomic E-state index is -1.64. The molecule has 2 heterocycles. The summed E-state index contributed by atoms with van der Waals surface area (Å²) in [5, 5.41) is 20.0. The van der Waals surface area contributed by atoms with E-state index < -0.39 is 5.79 Å². The predicted molar refractivity (Wildman–Crippen MR) is 114 cm³/mol. The van der Waals surface area contributed by atoms with E-state index in [9.17, 15) is 19.8 Å². The summed E-state index contributed by atoms with van der Waals surface area (Å²) in [6.45, 7) is 1.17. The topological polar surface area (TPSA) is 96.9 Å². The van der Waals surface area contributed by atoms with Crippen molar-refractivity contribution in [2.24, 2.45) is 0 Å². The minimum absolute atomic E-state index is 0.0739. The van der Waals surface area contributed by atoms with E-state index in [2.05, 4.69) is 4.98 Å². The van der Waals surface area contributed by atoms with Crippen LogP contribution >= 0.6 is 11.6 Å². The van der Waals surface area contributed by atoms with E-state index in [0.29, 0.717) is 29.0 Å². The quantitative estimate of drug-likeness (QED) is 0.541. The third-order valence-corrected chi connectivity index (χ3v) is 5.47. The van der Waals surface area contributed by atoms with Crippen molar-refractivity contribution < 1.29 is 15.0 Å². The Bertz CT molecular complexity index is 1150. The van der Waals surface area contributed by atoms with Gasteiger partial charge in [-0.25, -0.2) is 0 Å². The van der Waals surface area contributed by atoms with E-state index in [1.54, 1.807) is 31.3 Å². The summed E-state index contributed by atoms with van der Waals surface area (Å²) in [4.78, 5) is 32.3. The zero-order chi connectivity index (χ0) is 21.5. The van der Waals surface area contributed by atoms with Crippen LogP contribution in [-0.2, 0) is 13.1 Å². The lowest BCUT2D eigenvalue weighted by Gasteiger charge is -2.42. The molecule has 1 aliphatic rings. The van der Waals surface area contributed by atoms with Crippen LogP contribution in [0.15, 0.2) is 53.5 Å². The van der Waals surface area contributed by atoms with Gasteiger partial charge in [0.2, 0.25) is 5.43 Å². The van der Waals surface area contributed by atoms with E-state index >= 15 is 0 Å². The first-order valence-electron chi connectivity index (χ1n) is 9.53. The standard InChI is InChI=1S/C22H22ClN3O4/c1-25(10-14-2-5-16(23)6-3-14)21(28)18-9-24-19-7-4-15(8-17(19)20(18)27)11-26-12-22(29,30)13-26/h2-9,29-30H,10-13H2,1H3,(H,24,27). The predicted octanol–water partition coefficient (Wildman–Crippen LogP) is 1.95. The molecule has 0 unspecified atom stereocenters. The molecule has 8 heteroatoms. The van der Waals surface area contributed by atoms with Crippen molar-refractivity contribution in [3.8, 4) is 0 Å². The monoisotopic (exact) mass is 427 g/mol. The van der Waals surface area contributed by atoms with E-state index in [0.717, 1.165) is 11.1 Å². The van der Waals surface area contributed by atoms with Gasteiger partial charge in [-0.15, -0.1) is 0 Å². The molecule has 2 aromatic carbocycles. The molecule has 1 fully saturated rings. The van der Waals surface area contributed by atoms with E-state index in [1.165, 1.54) is 11.1 Å². The van der Waals surface area contributed by atoms with Crippen molar-refractivity contribution in [1.82, 2.24) is 14.8 Å². The molecule has 1 aliphatic heterocycles. The number of benzene rings is 2. The van der Waals surface area contributed by atoms with Crippen LogP contribution in [0.3, 0.4) is 0 Å². The summed E-state index contributed by atoms with van der Waals surface area (Å²) in [7, 11) is 1.65. The Kier molecular flexibility index (Phi) is 5.38. The second kappa shape index (κ2) is 7.85. The number of pyridine rings is 1. The van der Waals surface area contributed by atoms with Crippen molar-refractivity contribution >= 4 is 28.4 Å². The Morgan fingerprint density at radius 2 is 1.83 bits per heavy atom. The molecule has 0 radical (unpaired) electrons. The van der Waals surface area contributed by atoms with Gasteiger partial charge in [0.15, 0.2) is 5.79 Å². The van der Waals surface area contributed by atoms with Gasteiger partial charge in [0.1, 0.15) is 5.56 Å². The summed E-state index contributed by atoms with van der Waals surface area (Å²) in [6, 6.07) is 12.6. The molecule has 0 bridgehead atoms. The fourth-order valence-corrected chi connectivity index (χ4v) is 3.83. The number of nitrogens with one attached hydrogen (secondary N) is 1. The van der Waals surface area contributed by atoms with Gasteiger partial charge in [-0.05, 0) is 35.4 Å². The van der Waals surface area contributed by atoms with Crippen molar-refractivity contribution in [2.45, 2.75) is 18.9 Å². The largest absolute Gasteiger partial charge is 0.364 e. The summed E-state index contributed by atoms with van der Waals surface area (Å²) < 4.78 is 0. The lowest BCUT2D eigenvalue weighted by Crippen LogP contribution is -2.61. The molecule has 1 saturated heterocycles. The van der Waals surface area contributed by atoms with Gasteiger partial charge < -0.3 is 20.1 Å². The van der Waals surface area contributed by atoms with Crippen molar-refractivity contribution in [1.29, 1.82) is 0 Å². The maximum Gasteiger partial charge on any atom is 0.259 e. The van der Waals surface area contributed by atoms with Gasteiger partial charge >= 0.3 is 0 Å². The van der Waals surface area contributed by atoms with Crippen LogP contribution in [-0.4, -0.2) is 56.8 Å². The molecule has 0 spiro atoms. The maximum atomic E-state index is 13.0. The number of nitrogens with zero attached hydrogens (tertiary/aromatic N) is 2. The number of β-amino-alcohol motifs (C(OH)–C–C–N with tert-alkyl or cyclic N) is 2. The van der Waals surface area contributed by atoms with Crippen molar-refractivity contribution in [3.63, 3.8) is 0 Å². The van der Waals surface area contributed by atoms with Crippen LogP contribution in [0.1, 0.15) is 21.5 Å². The Morgan fingerprint density at radius 1 is 1.17 bits per heavy atom. The van der Waals surface area contributed by atoms with Gasteiger partial charge in [-0.3, -0.25) is 14.5 Å². The number of hydrogen-bond acceptors (Lipinski definition) is 5. The molecule has 1 aromatic heterocycles. The Morgan fingerprint density at radius 3 is 2.50 bits per heavy atom. The van der Waals surface area contributed by atoms with E-state index in [-0.39, 0.29) is 30.0 Å². The molecule has 7 nitrogen and oxygen atoms in total. The SMILES string of the molecule is CN(Cc1ccc(Cl)cc1)C(=O)c1c[nH]c2ccc(CN3CC(O)(O)C3)cc2c1=O. The molecule has 156 valence electrons. The first-order chi connectivity index (χ1) is 14.2. The number of hydrogen-bond donors (Lipinski definition) is 3. The first kappa shape index (κ1) is 20.6. The van der Waals surface area contributed by atoms with Crippen LogP contribution in [0, 0.1) is 0 Å². The zero-order valence-corrected chi connectivity index (χ0v) is 17.2. The van der Waals surface area contributed by atoms with Crippen molar-refractivity contribution in [2.75, 3.05) is 20.1 Å². The molecule has 3 aromatic rings. The Hall–Kier alpha value is -2.71. The van der Waals surface area contributed by atoms with Crippen LogP contribution in [0.25, 0.3) is 10.9 Å². The third-order valence-electron chi connectivity index (χ3n) is 5.22. The van der Waals surface area contributed by atoms with E-state index in [4.69, 9.17) is 11.6 Å². The highest BCUT2D eigenvalue weighted by Gasteiger charge is 2.38. The second-order valence-corrected chi connectivity index (χ2v) is 8.26. The lowest BCUT2D eigenvalue weighted by atomic mass is 10.0. The summed E-state index contributed by atoms with van der Waals surface area (Å²) in [6.07, 6.45) is 1.45. The molecule has 30 heavy (non-hydrogen) atoms. The zero-order valence-electron chi connectivity index (χ0n) is 16.4. The first-order valence-corrected chi connectivity index (χ1v) is 9.91. The fourth-order valence-electron chi connectivity index (χ4n) is 3.70. The number of fused-ring (bicyclic) bond motifs is 1. The fraction of sp³-hybridized carbons (Fsp3) is 0.273. The van der Waals surface area contributed by atoms with Gasteiger partial charge in [0.05, 0.1) is 13.1 Å². The van der Waals surface area contributed by atoms with Crippen LogP contribution < -0.4 is 5.43 Å². The number of amides is 1. The molecule has 0 saturated carbocycles. The average Bonchev–Trinajstić information content (AvgIpc) is 2.68. The molecule has 4 rings (SSSR count). The average molecular weight is 428 g/mol. The molecule has 0 aliphatic carbocycles. The number of halogens is 1. The number of carbonyl (C=O) groups is 1. The number of aromatic amines is 1. The number of H-pyrrole nitrogens is 1. The van der Waals surface area contributed by atoms with Crippen LogP contribution in [0.5, 0.6) is 0 Å². The summed E-state index contributed by atoms with van der Waals surface area (Å²) in [5.41, 5.74) is 2.16. The highest BCUT2D eigenvalue weighted by atomic mass is 35.5. The number of carbonyl (C=O) groups excluding carboxylic acids is 1. The normalized spacial score (nSPS) is 15.7. The number of aromatic nitrogens is 1. The van der Waals surface area contributed by atoms with Gasteiger partial charge in [-0.1, -0.05) is 29.8 Å². The highest BCUT2D eigenvalue weighted by Crippen LogP contribution is 2.21. The summed E-state index contributed by atoms with van der Waals surface area (Å²) in [5.74, 6) is -2.01. The van der Waals surface area contributed by atoms with E-state index in [1.807, 2.05) is 23.1 Å². The number of rotatable bonds is 5. The summed E-state index contributed by atoms with van der Waals surface area (Å²) >= 11 is 5.90. The Labute approximate surface area is 178 Å². The lowest BCUT2D eigenvalue weighted by molar-refractivity contribution is -0.245.